The molecular formula is C15H20N4O2. The van der Waals surface area contributed by atoms with Crippen molar-refractivity contribution in [2.24, 2.45) is 7.05 Å². The normalized spacial score (nSPS) is 10.5. The average molecular weight is 288 g/mol. The van der Waals surface area contributed by atoms with Crippen LogP contribution in [0.4, 0.5) is 11.4 Å². The van der Waals surface area contributed by atoms with Crippen LogP contribution >= 0.6 is 0 Å². The van der Waals surface area contributed by atoms with Crippen LogP contribution in [0.2, 0.25) is 0 Å². The minimum absolute atomic E-state index is 0.0847. The van der Waals surface area contributed by atoms with E-state index in [1.807, 2.05) is 48.6 Å². The van der Waals surface area contributed by atoms with Crippen molar-refractivity contribution in [3.63, 3.8) is 0 Å². The first-order chi connectivity index (χ1) is 10.1. The van der Waals surface area contributed by atoms with Crippen LogP contribution in [0.5, 0.6) is 0 Å². The number of aliphatic carboxylic acids is 1. The molecule has 2 aromatic rings. The molecule has 0 aliphatic rings. The minimum Gasteiger partial charge on any atom is -0.481 e. The van der Waals surface area contributed by atoms with Crippen LogP contribution in [-0.4, -0.2) is 33.9 Å². The molecule has 0 saturated heterocycles. The summed E-state index contributed by atoms with van der Waals surface area (Å²) in [5.41, 5.74) is 8.65. The Labute approximate surface area is 123 Å². The summed E-state index contributed by atoms with van der Waals surface area (Å²) >= 11 is 0. The van der Waals surface area contributed by atoms with Gasteiger partial charge in [0.25, 0.3) is 0 Å². The Morgan fingerprint density at radius 3 is 2.76 bits per heavy atom. The highest BCUT2D eigenvalue weighted by atomic mass is 16.4. The van der Waals surface area contributed by atoms with Crippen molar-refractivity contribution in [2.75, 3.05) is 23.7 Å². The Morgan fingerprint density at radius 1 is 1.38 bits per heavy atom. The topological polar surface area (TPSA) is 84.4 Å². The van der Waals surface area contributed by atoms with E-state index in [-0.39, 0.29) is 6.42 Å². The molecule has 6 nitrogen and oxygen atoms in total. The second-order valence-electron chi connectivity index (χ2n) is 4.96. The predicted octanol–water partition coefficient (Wildman–Crippen LogP) is 1.53. The van der Waals surface area contributed by atoms with E-state index >= 15 is 0 Å². The van der Waals surface area contributed by atoms with Gasteiger partial charge in [-0.2, -0.15) is 5.10 Å². The molecule has 112 valence electrons. The number of aryl methyl sites for hydroxylation is 1. The van der Waals surface area contributed by atoms with Gasteiger partial charge in [0.2, 0.25) is 0 Å². The van der Waals surface area contributed by atoms with Crippen LogP contribution in [0, 0.1) is 0 Å². The zero-order chi connectivity index (χ0) is 15.2. The summed E-state index contributed by atoms with van der Waals surface area (Å²) in [5.74, 6) is -0.809. The van der Waals surface area contributed by atoms with E-state index in [4.69, 9.17) is 10.8 Å². The van der Waals surface area contributed by atoms with Crippen LogP contribution in [0.25, 0.3) is 0 Å². The first-order valence-corrected chi connectivity index (χ1v) is 6.85. The number of carbonyl (C=O) groups is 1. The Kier molecular flexibility index (Phi) is 4.81. The van der Waals surface area contributed by atoms with Crippen molar-refractivity contribution >= 4 is 17.3 Å². The number of hydrogen-bond donors (Lipinski definition) is 2. The first-order valence-electron chi connectivity index (χ1n) is 6.85. The molecule has 6 heteroatoms. The third-order valence-corrected chi connectivity index (χ3v) is 3.30. The van der Waals surface area contributed by atoms with Gasteiger partial charge in [0.1, 0.15) is 0 Å². The summed E-state index contributed by atoms with van der Waals surface area (Å²) in [6.45, 7) is 1.14. The fourth-order valence-corrected chi connectivity index (χ4v) is 2.22. The molecule has 0 aliphatic carbocycles. The summed E-state index contributed by atoms with van der Waals surface area (Å²) in [6.07, 6.45) is 4.66. The SMILES string of the molecule is Cn1cc(CCN(CCC(=O)O)c2ccccc2N)cn1. The molecule has 1 aromatic heterocycles. The second kappa shape index (κ2) is 6.78. The quantitative estimate of drug-likeness (QED) is 0.755. The van der Waals surface area contributed by atoms with Gasteiger partial charge in [0, 0.05) is 26.3 Å². The molecule has 21 heavy (non-hydrogen) atoms. The standard InChI is InChI=1S/C15H20N4O2/c1-18-11-12(10-17-18)6-8-19(9-7-15(20)21)14-5-3-2-4-13(14)16/h2-5,10-11H,6-9,16H2,1H3,(H,20,21). The molecule has 0 aliphatic heterocycles. The number of hydrogen-bond acceptors (Lipinski definition) is 4. The van der Waals surface area contributed by atoms with Gasteiger partial charge in [-0.1, -0.05) is 12.1 Å². The molecule has 0 radical (unpaired) electrons. The lowest BCUT2D eigenvalue weighted by atomic mass is 10.2. The third-order valence-electron chi connectivity index (χ3n) is 3.30. The molecule has 2 rings (SSSR count). The number of rotatable bonds is 7. The van der Waals surface area contributed by atoms with Gasteiger partial charge in [-0.3, -0.25) is 9.48 Å². The van der Waals surface area contributed by atoms with Crippen LogP contribution < -0.4 is 10.6 Å². The highest BCUT2D eigenvalue weighted by molar-refractivity contribution is 5.70. The van der Waals surface area contributed by atoms with E-state index in [0.717, 1.165) is 17.7 Å². The number of carboxylic acids is 1. The smallest absolute Gasteiger partial charge is 0.305 e. The summed E-state index contributed by atoms with van der Waals surface area (Å²) in [4.78, 5) is 12.8. The average Bonchev–Trinajstić information content (AvgIpc) is 2.85. The molecule has 0 spiro atoms. The summed E-state index contributed by atoms with van der Waals surface area (Å²) < 4.78 is 1.76. The zero-order valence-electron chi connectivity index (χ0n) is 12.1. The van der Waals surface area contributed by atoms with Crippen molar-refractivity contribution < 1.29 is 9.90 Å². The Morgan fingerprint density at radius 2 is 2.14 bits per heavy atom. The number of anilines is 2. The van der Waals surface area contributed by atoms with Gasteiger partial charge in [-0.15, -0.1) is 0 Å². The molecular weight excluding hydrogens is 268 g/mol. The maximum Gasteiger partial charge on any atom is 0.305 e. The zero-order valence-corrected chi connectivity index (χ0v) is 12.1. The number of nitrogens with two attached hydrogens (primary N) is 1. The van der Waals surface area contributed by atoms with Crippen molar-refractivity contribution in [3.8, 4) is 0 Å². The Bertz CT molecular complexity index is 609. The largest absolute Gasteiger partial charge is 0.481 e. The van der Waals surface area contributed by atoms with E-state index in [1.165, 1.54) is 0 Å². The molecule has 0 atom stereocenters. The molecule has 3 N–H and O–H groups in total. The highest BCUT2D eigenvalue weighted by Crippen LogP contribution is 2.23. The summed E-state index contributed by atoms with van der Waals surface area (Å²) in [7, 11) is 1.88. The lowest BCUT2D eigenvalue weighted by Gasteiger charge is -2.25. The number of nitrogen functional groups attached to an aromatic ring is 1. The van der Waals surface area contributed by atoms with E-state index in [2.05, 4.69) is 5.10 Å². The number of aromatic nitrogens is 2. The highest BCUT2D eigenvalue weighted by Gasteiger charge is 2.11. The fourth-order valence-electron chi connectivity index (χ4n) is 2.22. The number of benzene rings is 1. The van der Waals surface area contributed by atoms with Crippen LogP contribution in [0.1, 0.15) is 12.0 Å². The molecule has 1 heterocycles. The molecule has 0 saturated carbocycles. The predicted molar refractivity (Wildman–Crippen MR) is 82.2 cm³/mol. The van der Waals surface area contributed by atoms with Crippen molar-refractivity contribution in [2.45, 2.75) is 12.8 Å². The van der Waals surface area contributed by atoms with Gasteiger partial charge in [-0.05, 0) is 24.1 Å². The van der Waals surface area contributed by atoms with Gasteiger partial charge >= 0.3 is 5.97 Å². The summed E-state index contributed by atoms with van der Waals surface area (Å²) in [5, 5.41) is 13.0. The Hall–Kier alpha value is -2.50. The van der Waals surface area contributed by atoms with E-state index in [9.17, 15) is 4.79 Å². The maximum absolute atomic E-state index is 10.8. The van der Waals surface area contributed by atoms with Gasteiger partial charge in [0.15, 0.2) is 0 Å². The number of carboxylic acid groups (broad SMARTS) is 1. The number of nitrogens with zero attached hydrogens (tertiary/aromatic N) is 3. The Balaban J connectivity index is 2.08. The lowest BCUT2D eigenvalue weighted by Crippen LogP contribution is -2.29. The molecule has 0 unspecified atom stereocenters. The van der Waals surface area contributed by atoms with Crippen LogP contribution in [0.15, 0.2) is 36.7 Å². The summed E-state index contributed by atoms with van der Waals surface area (Å²) in [6, 6.07) is 7.52. The van der Waals surface area contributed by atoms with Gasteiger partial charge in [0.05, 0.1) is 24.0 Å². The second-order valence-corrected chi connectivity index (χ2v) is 4.96. The minimum atomic E-state index is -0.809. The van der Waals surface area contributed by atoms with Crippen LogP contribution in [-0.2, 0) is 18.3 Å². The van der Waals surface area contributed by atoms with Gasteiger partial charge in [-0.25, -0.2) is 0 Å². The maximum atomic E-state index is 10.8. The monoisotopic (exact) mass is 288 g/mol. The molecule has 1 aromatic carbocycles. The lowest BCUT2D eigenvalue weighted by molar-refractivity contribution is -0.136. The van der Waals surface area contributed by atoms with Gasteiger partial charge < -0.3 is 15.7 Å². The third kappa shape index (κ3) is 4.24. The number of para-hydroxylation sites is 2. The molecule has 0 amide bonds. The van der Waals surface area contributed by atoms with Crippen molar-refractivity contribution in [3.05, 3.63) is 42.2 Å². The van der Waals surface area contributed by atoms with E-state index < -0.39 is 5.97 Å². The van der Waals surface area contributed by atoms with Crippen LogP contribution in [0.3, 0.4) is 0 Å². The van der Waals surface area contributed by atoms with Crippen molar-refractivity contribution in [1.82, 2.24) is 9.78 Å². The fraction of sp³-hybridized carbons (Fsp3) is 0.333. The molecule has 0 bridgehead atoms. The van der Waals surface area contributed by atoms with Crippen molar-refractivity contribution in [1.29, 1.82) is 0 Å². The first kappa shape index (κ1) is 14.9. The van der Waals surface area contributed by atoms with E-state index in [1.54, 1.807) is 4.68 Å². The van der Waals surface area contributed by atoms with E-state index in [0.29, 0.717) is 18.8 Å². The molecule has 0 fully saturated rings.